The molecule has 0 aliphatic carbocycles. The Morgan fingerprint density at radius 3 is 2.16 bits per heavy atom. The minimum absolute atomic E-state index is 0.337. The summed E-state index contributed by atoms with van der Waals surface area (Å²) in [5.41, 5.74) is 1.87. The average Bonchev–Trinajstić information content (AvgIpc) is 2.42. The van der Waals surface area contributed by atoms with Gasteiger partial charge >= 0.3 is 0 Å². The molecule has 1 N–H and O–H groups in total. The summed E-state index contributed by atoms with van der Waals surface area (Å²) in [7, 11) is -3.37. The molecule has 0 aliphatic heterocycles. The Balaban J connectivity index is 2.26. The van der Waals surface area contributed by atoms with Gasteiger partial charge in [-0.05, 0) is 37.6 Å². The third-order valence-corrected chi connectivity index (χ3v) is 5.02. The first-order chi connectivity index (χ1) is 9.01. The van der Waals surface area contributed by atoms with Gasteiger partial charge in [-0.1, -0.05) is 36.4 Å². The number of rotatable bonds is 4. The first-order valence-corrected chi connectivity index (χ1v) is 7.67. The third-order valence-electron chi connectivity index (χ3n) is 3.04. The Morgan fingerprint density at radius 2 is 1.53 bits per heavy atom. The summed E-state index contributed by atoms with van der Waals surface area (Å²) in [6.07, 6.45) is 0. The van der Waals surface area contributed by atoms with Gasteiger partial charge in [0.1, 0.15) is 5.37 Å². The van der Waals surface area contributed by atoms with Crippen LogP contribution in [-0.4, -0.2) is 13.8 Å². The van der Waals surface area contributed by atoms with Crippen LogP contribution in [0.5, 0.6) is 0 Å². The van der Waals surface area contributed by atoms with Crippen LogP contribution >= 0.6 is 0 Å². The van der Waals surface area contributed by atoms with Gasteiger partial charge in [-0.15, -0.1) is 0 Å². The molecular weight excluding hydrogens is 258 g/mol. The Bertz CT molecular complexity index is 651. The minimum atomic E-state index is -3.37. The molecule has 0 heterocycles. The van der Waals surface area contributed by atoms with Crippen molar-refractivity contribution in [3.05, 3.63) is 60.2 Å². The zero-order valence-electron chi connectivity index (χ0n) is 11.0. The maximum atomic E-state index is 12.4. The summed E-state index contributed by atoms with van der Waals surface area (Å²) in [5, 5.41) is 2.39. The number of nitrogens with one attached hydrogen (secondary N) is 1. The van der Waals surface area contributed by atoms with Gasteiger partial charge in [0.15, 0.2) is 9.84 Å². The highest BCUT2D eigenvalue weighted by Crippen LogP contribution is 2.20. The highest BCUT2D eigenvalue weighted by molar-refractivity contribution is 7.92. The van der Waals surface area contributed by atoms with Crippen molar-refractivity contribution >= 4 is 15.5 Å². The van der Waals surface area contributed by atoms with E-state index in [0.717, 1.165) is 11.3 Å². The number of hydrogen-bond donors (Lipinski definition) is 1. The molecule has 19 heavy (non-hydrogen) atoms. The molecule has 0 aliphatic rings. The van der Waals surface area contributed by atoms with Crippen LogP contribution in [0.25, 0.3) is 0 Å². The number of para-hydroxylation sites is 1. The summed E-state index contributed by atoms with van der Waals surface area (Å²) in [5.74, 6) is 0. The van der Waals surface area contributed by atoms with Crippen LogP contribution in [-0.2, 0) is 9.84 Å². The lowest BCUT2D eigenvalue weighted by atomic mass is 10.2. The Kier molecular flexibility index (Phi) is 3.90. The van der Waals surface area contributed by atoms with E-state index in [0.29, 0.717) is 4.90 Å². The number of sulfone groups is 1. The van der Waals surface area contributed by atoms with E-state index in [1.807, 2.05) is 31.2 Å². The van der Waals surface area contributed by atoms with E-state index in [4.69, 9.17) is 0 Å². The Labute approximate surface area is 114 Å². The third kappa shape index (κ3) is 2.96. The lowest BCUT2D eigenvalue weighted by Crippen LogP contribution is -2.26. The first kappa shape index (κ1) is 13.6. The second kappa shape index (κ2) is 5.45. The van der Waals surface area contributed by atoms with E-state index < -0.39 is 15.2 Å². The quantitative estimate of drug-likeness (QED) is 0.932. The maximum absolute atomic E-state index is 12.4. The fraction of sp³-hybridized carbons (Fsp3) is 0.200. The van der Waals surface area contributed by atoms with E-state index in [1.54, 1.807) is 37.3 Å². The fourth-order valence-electron chi connectivity index (χ4n) is 1.85. The summed E-state index contributed by atoms with van der Waals surface area (Å²) in [6, 6.07) is 16.1. The molecule has 2 aromatic carbocycles. The molecular formula is C15H17NO2S. The largest absolute Gasteiger partial charge is 0.369 e. The van der Waals surface area contributed by atoms with Crippen molar-refractivity contribution in [2.24, 2.45) is 0 Å². The predicted octanol–water partition coefficient (Wildman–Crippen LogP) is 3.23. The average molecular weight is 275 g/mol. The molecule has 0 spiro atoms. The molecule has 2 rings (SSSR count). The monoisotopic (exact) mass is 275 g/mol. The zero-order valence-corrected chi connectivity index (χ0v) is 11.8. The van der Waals surface area contributed by atoms with Crippen molar-refractivity contribution in [2.45, 2.75) is 24.1 Å². The smallest absolute Gasteiger partial charge is 0.198 e. The lowest BCUT2D eigenvalue weighted by Gasteiger charge is -2.17. The van der Waals surface area contributed by atoms with Crippen LogP contribution in [0.3, 0.4) is 0 Å². The summed E-state index contributed by atoms with van der Waals surface area (Å²) >= 11 is 0. The summed E-state index contributed by atoms with van der Waals surface area (Å²) in [4.78, 5) is 0.337. The van der Waals surface area contributed by atoms with Crippen LogP contribution < -0.4 is 5.32 Å². The Morgan fingerprint density at radius 1 is 0.947 bits per heavy atom. The predicted molar refractivity (Wildman–Crippen MR) is 77.9 cm³/mol. The van der Waals surface area contributed by atoms with Gasteiger partial charge in [0.2, 0.25) is 0 Å². The van der Waals surface area contributed by atoms with Crippen molar-refractivity contribution in [1.82, 2.24) is 0 Å². The van der Waals surface area contributed by atoms with Crippen LogP contribution in [0.2, 0.25) is 0 Å². The van der Waals surface area contributed by atoms with Gasteiger partial charge in [0.05, 0.1) is 4.90 Å². The van der Waals surface area contributed by atoms with Crippen LogP contribution in [0.1, 0.15) is 12.5 Å². The molecule has 0 radical (unpaired) electrons. The normalized spacial score (nSPS) is 12.9. The van der Waals surface area contributed by atoms with Gasteiger partial charge in [-0.2, -0.15) is 0 Å². The van der Waals surface area contributed by atoms with Gasteiger partial charge in [-0.3, -0.25) is 0 Å². The highest BCUT2D eigenvalue weighted by Gasteiger charge is 2.22. The van der Waals surface area contributed by atoms with E-state index in [2.05, 4.69) is 5.32 Å². The van der Waals surface area contributed by atoms with E-state index in [1.165, 1.54) is 0 Å². The van der Waals surface area contributed by atoms with E-state index >= 15 is 0 Å². The van der Waals surface area contributed by atoms with Gasteiger partial charge < -0.3 is 5.32 Å². The summed E-state index contributed by atoms with van der Waals surface area (Å²) < 4.78 is 24.8. The number of benzene rings is 2. The van der Waals surface area contributed by atoms with Crippen molar-refractivity contribution in [2.75, 3.05) is 5.32 Å². The SMILES string of the molecule is Cc1ccccc1NC(C)S(=O)(=O)c1ccccc1. The molecule has 0 saturated heterocycles. The molecule has 4 heteroatoms. The van der Waals surface area contributed by atoms with Crippen molar-refractivity contribution in [1.29, 1.82) is 0 Å². The molecule has 3 nitrogen and oxygen atoms in total. The second-order valence-electron chi connectivity index (χ2n) is 4.46. The minimum Gasteiger partial charge on any atom is -0.369 e. The maximum Gasteiger partial charge on any atom is 0.198 e. The number of anilines is 1. The number of hydrogen-bond acceptors (Lipinski definition) is 3. The first-order valence-electron chi connectivity index (χ1n) is 6.13. The summed E-state index contributed by atoms with van der Waals surface area (Å²) in [6.45, 7) is 3.61. The topological polar surface area (TPSA) is 46.2 Å². The standard InChI is InChI=1S/C15H17NO2S/c1-12-8-6-7-11-15(12)16-13(2)19(17,18)14-9-4-3-5-10-14/h3-11,13,16H,1-2H3. The molecule has 100 valence electrons. The van der Waals surface area contributed by atoms with Crippen molar-refractivity contribution in [3.8, 4) is 0 Å². The molecule has 1 unspecified atom stereocenters. The molecule has 0 amide bonds. The van der Waals surface area contributed by atoms with Crippen LogP contribution in [0, 0.1) is 6.92 Å². The lowest BCUT2D eigenvalue weighted by molar-refractivity contribution is 0.588. The van der Waals surface area contributed by atoms with Crippen LogP contribution in [0.4, 0.5) is 5.69 Å². The molecule has 0 aromatic heterocycles. The second-order valence-corrected chi connectivity index (χ2v) is 6.73. The zero-order chi connectivity index (χ0) is 13.9. The molecule has 2 aromatic rings. The van der Waals surface area contributed by atoms with Crippen molar-refractivity contribution in [3.63, 3.8) is 0 Å². The van der Waals surface area contributed by atoms with Gasteiger partial charge in [0, 0.05) is 5.69 Å². The Hall–Kier alpha value is -1.81. The molecule has 0 bridgehead atoms. The van der Waals surface area contributed by atoms with Gasteiger partial charge in [-0.25, -0.2) is 8.42 Å². The van der Waals surface area contributed by atoms with Crippen LogP contribution in [0.15, 0.2) is 59.5 Å². The molecule has 0 saturated carbocycles. The highest BCUT2D eigenvalue weighted by atomic mass is 32.2. The van der Waals surface area contributed by atoms with E-state index in [-0.39, 0.29) is 0 Å². The molecule has 1 atom stereocenters. The fourth-order valence-corrected chi connectivity index (χ4v) is 3.07. The number of aryl methyl sites for hydroxylation is 1. The van der Waals surface area contributed by atoms with Crippen molar-refractivity contribution < 1.29 is 8.42 Å². The molecule has 0 fully saturated rings. The van der Waals surface area contributed by atoms with Gasteiger partial charge in [0.25, 0.3) is 0 Å². The van der Waals surface area contributed by atoms with E-state index in [9.17, 15) is 8.42 Å².